The third kappa shape index (κ3) is 4.55. The summed E-state index contributed by atoms with van der Waals surface area (Å²) in [6.45, 7) is 9.04. The Balaban J connectivity index is 1.83. The van der Waals surface area contributed by atoms with E-state index in [1.807, 2.05) is 11.9 Å². The van der Waals surface area contributed by atoms with Gasteiger partial charge in [-0.05, 0) is 38.4 Å². The number of carbonyl (C=O) groups is 1. The van der Waals surface area contributed by atoms with E-state index in [2.05, 4.69) is 48.3 Å². The Hall–Kier alpha value is -1.39. The summed E-state index contributed by atoms with van der Waals surface area (Å²) < 4.78 is 0. The molecule has 0 aliphatic carbocycles. The molecule has 0 bridgehead atoms. The fourth-order valence-electron chi connectivity index (χ4n) is 3.05. The maximum absolute atomic E-state index is 12.4. The van der Waals surface area contributed by atoms with Gasteiger partial charge in [-0.25, -0.2) is 0 Å². The first-order chi connectivity index (χ1) is 10.6. The fourth-order valence-corrected chi connectivity index (χ4v) is 3.05. The predicted molar refractivity (Wildman–Crippen MR) is 90.8 cm³/mol. The van der Waals surface area contributed by atoms with Crippen molar-refractivity contribution in [2.45, 2.75) is 39.3 Å². The zero-order valence-corrected chi connectivity index (χ0v) is 14.1. The molecule has 1 aromatic rings. The number of hydrogen-bond donors (Lipinski definition) is 1. The number of carbonyl (C=O) groups excluding carboxylic acids is 1. The minimum absolute atomic E-state index is 0.294. The zero-order chi connectivity index (χ0) is 15.9. The molecule has 0 aromatic heterocycles. The molecule has 1 aliphatic rings. The lowest BCUT2D eigenvalue weighted by atomic mass is 10.0. The number of rotatable bonds is 6. The number of nitrogens with zero attached hydrogens (tertiary/aromatic N) is 2. The molecule has 0 saturated carbocycles. The summed E-state index contributed by atoms with van der Waals surface area (Å²) in [7, 11) is 1.95. The second kappa shape index (κ2) is 8.30. The van der Waals surface area contributed by atoms with Crippen LogP contribution in [0.2, 0.25) is 0 Å². The highest BCUT2D eigenvalue weighted by molar-refractivity contribution is 5.76. The highest BCUT2D eigenvalue weighted by Gasteiger charge is 2.22. The first-order valence-corrected chi connectivity index (χ1v) is 8.35. The lowest BCUT2D eigenvalue weighted by molar-refractivity contribution is -0.133. The Morgan fingerprint density at radius 1 is 1.14 bits per heavy atom. The van der Waals surface area contributed by atoms with Crippen molar-refractivity contribution < 1.29 is 4.79 Å². The molecular weight excluding hydrogens is 274 g/mol. The van der Waals surface area contributed by atoms with Gasteiger partial charge in [-0.15, -0.1) is 0 Å². The Labute approximate surface area is 134 Å². The van der Waals surface area contributed by atoms with Crippen LogP contribution in [0.5, 0.6) is 0 Å². The molecule has 1 heterocycles. The average molecular weight is 303 g/mol. The molecule has 1 saturated heterocycles. The Morgan fingerprint density at radius 3 is 2.36 bits per heavy atom. The summed E-state index contributed by atoms with van der Waals surface area (Å²) in [4.78, 5) is 16.9. The summed E-state index contributed by atoms with van der Waals surface area (Å²) in [5.74, 6) is 0.294. The van der Waals surface area contributed by atoms with Gasteiger partial charge in [0, 0.05) is 45.2 Å². The van der Waals surface area contributed by atoms with Crippen molar-refractivity contribution >= 4 is 5.91 Å². The number of nitrogens with one attached hydrogen (secondary N) is 1. The van der Waals surface area contributed by atoms with Gasteiger partial charge in [0.25, 0.3) is 0 Å². The average Bonchev–Trinajstić information content (AvgIpc) is 2.54. The maximum atomic E-state index is 12.4. The normalized spacial score (nSPS) is 16.3. The molecule has 4 nitrogen and oxygen atoms in total. The van der Waals surface area contributed by atoms with Crippen LogP contribution in [0, 0.1) is 0 Å². The summed E-state index contributed by atoms with van der Waals surface area (Å²) in [6.07, 6.45) is 1.45. The molecule has 22 heavy (non-hydrogen) atoms. The first kappa shape index (κ1) is 17.0. The second-order valence-electron chi connectivity index (χ2n) is 6.31. The number of benzene rings is 1. The van der Waals surface area contributed by atoms with Crippen molar-refractivity contribution in [1.82, 2.24) is 15.1 Å². The highest BCUT2D eigenvalue weighted by Crippen LogP contribution is 2.13. The zero-order valence-electron chi connectivity index (χ0n) is 14.1. The smallest absolute Gasteiger partial charge is 0.222 e. The van der Waals surface area contributed by atoms with E-state index in [0.717, 1.165) is 39.1 Å². The van der Waals surface area contributed by atoms with Gasteiger partial charge in [0.1, 0.15) is 0 Å². The van der Waals surface area contributed by atoms with Crippen LogP contribution in [0.25, 0.3) is 0 Å². The number of amides is 1. The van der Waals surface area contributed by atoms with Crippen LogP contribution >= 0.6 is 0 Å². The van der Waals surface area contributed by atoms with E-state index in [0.29, 0.717) is 18.4 Å². The molecule has 0 radical (unpaired) electrons. The number of aryl methyl sites for hydroxylation is 1. The number of piperazine rings is 1. The van der Waals surface area contributed by atoms with Gasteiger partial charge in [-0.3, -0.25) is 9.69 Å². The Kier molecular flexibility index (Phi) is 6.40. The molecule has 0 unspecified atom stereocenters. The van der Waals surface area contributed by atoms with Crippen LogP contribution in [0.3, 0.4) is 0 Å². The fraction of sp³-hybridized carbons (Fsp3) is 0.611. The molecule has 1 aromatic carbocycles. The molecular formula is C18H29N3O. The van der Waals surface area contributed by atoms with Gasteiger partial charge in [0.15, 0.2) is 0 Å². The summed E-state index contributed by atoms with van der Waals surface area (Å²) in [5.41, 5.74) is 2.58. The van der Waals surface area contributed by atoms with Gasteiger partial charge in [-0.2, -0.15) is 0 Å². The van der Waals surface area contributed by atoms with Crippen LogP contribution in [0.15, 0.2) is 24.3 Å². The van der Waals surface area contributed by atoms with Crippen molar-refractivity contribution in [2.75, 3.05) is 33.2 Å². The van der Waals surface area contributed by atoms with Crippen molar-refractivity contribution in [1.29, 1.82) is 0 Å². The van der Waals surface area contributed by atoms with E-state index < -0.39 is 0 Å². The maximum Gasteiger partial charge on any atom is 0.222 e. The van der Waals surface area contributed by atoms with E-state index in [1.54, 1.807) is 0 Å². The quantitative estimate of drug-likeness (QED) is 0.872. The van der Waals surface area contributed by atoms with E-state index in [9.17, 15) is 4.79 Å². The molecule has 0 spiro atoms. The molecule has 2 rings (SSSR count). The third-order valence-electron chi connectivity index (χ3n) is 4.49. The van der Waals surface area contributed by atoms with Gasteiger partial charge in [0.2, 0.25) is 5.91 Å². The summed E-state index contributed by atoms with van der Waals surface area (Å²) in [6, 6.07) is 8.96. The molecule has 122 valence electrons. The van der Waals surface area contributed by atoms with Gasteiger partial charge >= 0.3 is 0 Å². The predicted octanol–water partition coefficient (Wildman–Crippen LogP) is 1.89. The number of hydrogen-bond acceptors (Lipinski definition) is 3. The minimum Gasteiger partial charge on any atom is -0.340 e. The summed E-state index contributed by atoms with van der Waals surface area (Å²) >= 11 is 0. The van der Waals surface area contributed by atoms with Gasteiger partial charge in [-0.1, -0.05) is 24.3 Å². The topological polar surface area (TPSA) is 35.6 Å². The van der Waals surface area contributed by atoms with Crippen LogP contribution in [0.4, 0.5) is 0 Å². The van der Waals surface area contributed by atoms with E-state index in [-0.39, 0.29) is 0 Å². The van der Waals surface area contributed by atoms with Crippen molar-refractivity contribution in [3.05, 3.63) is 35.4 Å². The Bertz CT molecular complexity index is 479. The standard InChI is InChI=1S/C18H29N3O/c1-15(2)20-10-12-21(13-11-20)18(22)9-8-16-6-4-5-7-17(16)14-19-3/h4-7,15,19H,8-14H2,1-3H3. The molecule has 4 heteroatoms. The van der Waals surface area contributed by atoms with Crippen molar-refractivity contribution in [2.24, 2.45) is 0 Å². The van der Waals surface area contributed by atoms with E-state index >= 15 is 0 Å². The van der Waals surface area contributed by atoms with Crippen LogP contribution in [-0.2, 0) is 17.8 Å². The van der Waals surface area contributed by atoms with E-state index in [1.165, 1.54) is 11.1 Å². The van der Waals surface area contributed by atoms with Gasteiger partial charge < -0.3 is 10.2 Å². The molecule has 1 fully saturated rings. The highest BCUT2D eigenvalue weighted by atomic mass is 16.2. The van der Waals surface area contributed by atoms with Crippen LogP contribution in [-0.4, -0.2) is 55.0 Å². The summed E-state index contributed by atoms with van der Waals surface area (Å²) in [5, 5.41) is 3.19. The lowest BCUT2D eigenvalue weighted by Crippen LogP contribution is -2.50. The third-order valence-corrected chi connectivity index (χ3v) is 4.49. The molecule has 1 N–H and O–H groups in total. The lowest BCUT2D eigenvalue weighted by Gasteiger charge is -2.37. The van der Waals surface area contributed by atoms with Gasteiger partial charge in [0.05, 0.1) is 0 Å². The molecule has 1 aliphatic heterocycles. The Morgan fingerprint density at radius 2 is 1.77 bits per heavy atom. The molecule has 0 atom stereocenters. The second-order valence-corrected chi connectivity index (χ2v) is 6.31. The SMILES string of the molecule is CNCc1ccccc1CCC(=O)N1CCN(C(C)C)CC1. The van der Waals surface area contributed by atoms with Crippen molar-refractivity contribution in [3.63, 3.8) is 0 Å². The molecule has 1 amide bonds. The van der Waals surface area contributed by atoms with Crippen molar-refractivity contribution in [3.8, 4) is 0 Å². The van der Waals surface area contributed by atoms with E-state index in [4.69, 9.17) is 0 Å². The van der Waals surface area contributed by atoms with Crippen LogP contribution < -0.4 is 5.32 Å². The largest absolute Gasteiger partial charge is 0.340 e. The van der Waals surface area contributed by atoms with Crippen LogP contribution in [0.1, 0.15) is 31.4 Å². The first-order valence-electron chi connectivity index (χ1n) is 8.35. The monoisotopic (exact) mass is 303 g/mol. The minimum atomic E-state index is 0.294.